The van der Waals surface area contributed by atoms with Crippen LogP contribution in [-0.4, -0.2) is 0 Å². The fourth-order valence-electron chi connectivity index (χ4n) is 2.37. The van der Waals surface area contributed by atoms with Crippen molar-refractivity contribution in [3.8, 4) is 0 Å². The molecule has 1 aliphatic rings. The Bertz CT molecular complexity index is 400. The zero-order valence-corrected chi connectivity index (χ0v) is 10.4. The Balaban J connectivity index is 2.45. The molecule has 0 heterocycles. The van der Waals surface area contributed by atoms with Gasteiger partial charge in [-0.2, -0.15) is 0 Å². The summed E-state index contributed by atoms with van der Waals surface area (Å²) in [5.41, 5.74) is 6.45. The summed E-state index contributed by atoms with van der Waals surface area (Å²) in [6, 6.07) is 2.91. The first-order valence-corrected chi connectivity index (χ1v) is 6.22. The van der Waals surface area contributed by atoms with Gasteiger partial charge in [-0.15, -0.1) is 0 Å². The molecule has 1 nitrogen and oxygen atoms in total. The van der Waals surface area contributed by atoms with Crippen molar-refractivity contribution in [3.05, 3.63) is 33.6 Å². The minimum atomic E-state index is -0.513. The number of rotatable bonds is 1. The maximum absolute atomic E-state index is 13.5. The Morgan fingerprint density at radius 3 is 2.38 bits per heavy atom. The van der Waals surface area contributed by atoms with Crippen molar-refractivity contribution in [3.63, 3.8) is 0 Å². The molecule has 2 N–H and O–H groups in total. The molecule has 1 aromatic rings. The van der Waals surface area contributed by atoms with Gasteiger partial charge in [0.2, 0.25) is 0 Å². The van der Waals surface area contributed by atoms with E-state index < -0.39 is 11.4 Å². The molecule has 0 amide bonds. The number of nitrogens with two attached hydrogens (primary N) is 1. The quantitative estimate of drug-likeness (QED) is 0.752. The third-order valence-corrected chi connectivity index (χ3v) is 3.88. The average molecular weight is 262 g/mol. The van der Waals surface area contributed by atoms with E-state index in [0.29, 0.717) is 10.6 Å². The molecule has 0 bridgehead atoms. The molecule has 0 unspecified atom stereocenters. The lowest BCUT2D eigenvalue weighted by molar-refractivity contribution is 0.301. The Morgan fingerprint density at radius 2 is 1.75 bits per heavy atom. The second-order valence-electron chi connectivity index (χ2n) is 4.47. The molecule has 88 valence electrons. The standard InChI is InChI=1S/C12H14Cl2FN/c13-8-6-9(11(14)10(15)7-8)12(16)4-2-1-3-5-12/h6-7H,1-5,16H2. The highest BCUT2D eigenvalue weighted by molar-refractivity contribution is 6.33. The maximum Gasteiger partial charge on any atom is 0.143 e. The highest BCUT2D eigenvalue weighted by atomic mass is 35.5. The van der Waals surface area contributed by atoms with Gasteiger partial charge in [-0.25, -0.2) is 4.39 Å². The minimum Gasteiger partial charge on any atom is -0.321 e. The van der Waals surface area contributed by atoms with Gasteiger partial charge in [0.05, 0.1) is 5.02 Å². The molecule has 0 aliphatic heterocycles. The zero-order valence-electron chi connectivity index (χ0n) is 8.90. The Labute approximate surface area is 105 Å². The van der Waals surface area contributed by atoms with Crippen molar-refractivity contribution < 1.29 is 4.39 Å². The molecule has 0 atom stereocenters. The molecule has 1 fully saturated rings. The summed E-state index contributed by atoms with van der Waals surface area (Å²) < 4.78 is 13.5. The van der Waals surface area contributed by atoms with Gasteiger partial charge in [0.1, 0.15) is 5.82 Å². The fourth-order valence-corrected chi connectivity index (χ4v) is 2.87. The van der Waals surface area contributed by atoms with E-state index in [1.807, 2.05) is 0 Å². The Morgan fingerprint density at radius 1 is 1.12 bits per heavy atom. The smallest absolute Gasteiger partial charge is 0.143 e. The zero-order chi connectivity index (χ0) is 11.8. The maximum atomic E-state index is 13.5. The van der Waals surface area contributed by atoms with Crippen LogP contribution in [0.15, 0.2) is 12.1 Å². The lowest BCUT2D eigenvalue weighted by Gasteiger charge is -2.34. The van der Waals surface area contributed by atoms with Crippen LogP contribution in [0.1, 0.15) is 37.7 Å². The predicted molar refractivity (Wildman–Crippen MR) is 65.4 cm³/mol. The van der Waals surface area contributed by atoms with Gasteiger partial charge in [-0.05, 0) is 30.5 Å². The molecular weight excluding hydrogens is 248 g/mol. The van der Waals surface area contributed by atoms with Gasteiger partial charge >= 0.3 is 0 Å². The van der Waals surface area contributed by atoms with E-state index in [4.69, 9.17) is 28.9 Å². The van der Waals surface area contributed by atoms with E-state index in [2.05, 4.69) is 0 Å². The monoisotopic (exact) mass is 261 g/mol. The summed E-state index contributed by atoms with van der Waals surface area (Å²) in [6.07, 6.45) is 4.97. The van der Waals surface area contributed by atoms with Gasteiger partial charge in [-0.3, -0.25) is 0 Å². The number of hydrogen-bond donors (Lipinski definition) is 1. The molecule has 0 aromatic heterocycles. The van der Waals surface area contributed by atoms with Crippen molar-refractivity contribution in [1.29, 1.82) is 0 Å². The van der Waals surface area contributed by atoms with Crippen LogP contribution < -0.4 is 5.73 Å². The van der Waals surface area contributed by atoms with E-state index in [-0.39, 0.29) is 5.02 Å². The summed E-state index contributed by atoms with van der Waals surface area (Å²) in [4.78, 5) is 0. The second kappa shape index (κ2) is 4.52. The number of halogens is 3. The summed E-state index contributed by atoms with van der Waals surface area (Å²) in [7, 11) is 0. The lowest BCUT2D eigenvalue weighted by atomic mass is 9.77. The molecule has 1 saturated carbocycles. The van der Waals surface area contributed by atoms with E-state index in [9.17, 15) is 4.39 Å². The summed E-state index contributed by atoms with van der Waals surface area (Å²) in [6.45, 7) is 0. The molecule has 1 aliphatic carbocycles. The topological polar surface area (TPSA) is 26.0 Å². The van der Waals surface area contributed by atoms with Crippen LogP contribution in [0.2, 0.25) is 10.0 Å². The van der Waals surface area contributed by atoms with Gasteiger partial charge < -0.3 is 5.73 Å². The first-order valence-electron chi connectivity index (χ1n) is 5.47. The molecular formula is C12H14Cl2FN. The largest absolute Gasteiger partial charge is 0.321 e. The van der Waals surface area contributed by atoms with E-state index in [0.717, 1.165) is 25.7 Å². The number of hydrogen-bond acceptors (Lipinski definition) is 1. The molecule has 4 heteroatoms. The van der Waals surface area contributed by atoms with Crippen LogP contribution in [0, 0.1) is 5.82 Å². The van der Waals surface area contributed by atoms with Crippen LogP contribution in [0.4, 0.5) is 4.39 Å². The van der Waals surface area contributed by atoms with Crippen LogP contribution in [0.5, 0.6) is 0 Å². The van der Waals surface area contributed by atoms with Crippen molar-refractivity contribution >= 4 is 23.2 Å². The minimum absolute atomic E-state index is 0.119. The third kappa shape index (κ3) is 2.20. The molecule has 16 heavy (non-hydrogen) atoms. The summed E-state index contributed by atoms with van der Waals surface area (Å²) >= 11 is 11.8. The van der Waals surface area contributed by atoms with E-state index in [1.165, 1.54) is 12.5 Å². The summed E-state index contributed by atoms with van der Waals surface area (Å²) in [5, 5.41) is 0.473. The third-order valence-electron chi connectivity index (χ3n) is 3.28. The van der Waals surface area contributed by atoms with Crippen molar-refractivity contribution in [2.75, 3.05) is 0 Å². The first kappa shape index (κ1) is 12.2. The summed E-state index contributed by atoms with van der Waals surface area (Å²) in [5.74, 6) is -0.487. The molecule has 0 spiro atoms. The van der Waals surface area contributed by atoms with Crippen LogP contribution in [-0.2, 0) is 5.54 Å². The Hall–Kier alpha value is -0.310. The molecule has 1 aromatic carbocycles. The van der Waals surface area contributed by atoms with Gasteiger partial charge in [0, 0.05) is 10.6 Å². The predicted octanol–water partition coefficient (Wildman–Crippen LogP) is 4.25. The highest BCUT2D eigenvalue weighted by Crippen LogP contribution is 2.40. The fraction of sp³-hybridized carbons (Fsp3) is 0.500. The highest BCUT2D eigenvalue weighted by Gasteiger charge is 2.32. The molecule has 0 radical (unpaired) electrons. The van der Waals surface area contributed by atoms with Crippen LogP contribution in [0.3, 0.4) is 0 Å². The van der Waals surface area contributed by atoms with E-state index in [1.54, 1.807) is 6.07 Å². The van der Waals surface area contributed by atoms with Crippen molar-refractivity contribution in [1.82, 2.24) is 0 Å². The van der Waals surface area contributed by atoms with Crippen LogP contribution in [0.25, 0.3) is 0 Å². The average Bonchev–Trinajstić information content (AvgIpc) is 2.24. The molecule has 0 saturated heterocycles. The number of benzene rings is 1. The lowest BCUT2D eigenvalue weighted by Crippen LogP contribution is -2.39. The van der Waals surface area contributed by atoms with E-state index >= 15 is 0 Å². The SMILES string of the molecule is NC1(c2cc(Cl)cc(F)c2Cl)CCCCC1. The van der Waals surface area contributed by atoms with Gasteiger partial charge in [0.15, 0.2) is 0 Å². The van der Waals surface area contributed by atoms with Crippen molar-refractivity contribution in [2.45, 2.75) is 37.6 Å². The van der Waals surface area contributed by atoms with Gasteiger partial charge in [-0.1, -0.05) is 42.5 Å². The first-order chi connectivity index (χ1) is 7.53. The molecule has 2 rings (SSSR count). The van der Waals surface area contributed by atoms with Gasteiger partial charge in [0.25, 0.3) is 0 Å². The van der Waals surface area contributed by atoms with Crippen LogP contribution >= 0.6 is 23.2 Å². The second-order valence-corrected chi connectivity index (χ2v) is 5.28. The normalized spacial score (nSPS) is 19.8. The van der Waals surface area contributed by atoms with Crippen molar-refractivity contribution in [2.24, 2.45) is 5.73 Å². The Kier molecular flexibility index (Phi) is 3.43.